The second-order valence-corrected chi connectivity index (χ2v) is 4.42. The van der Waals surface area contributed by atoms with Crippen LogP contribution in [0.25, 0.3) is 0 Å². The molecule has 1 aromatic rings. The van der Waals surface area contributed by atoms with Gasteiger partial charge in [0.25, 0.3) is 0 Å². The van der Waals surface area contributed by atoms with E-state index in [1.54, 1.807) is 6.07 Å². The molecule has 2 atom stereocenters. The maximum atomic E-state index is 9.94. The second-order valence-electron chi connectivity index (χ2n) is 3.06. The van der Waals surface area contributed by atoms with Crippen molar-refractivity contribution in [2.75, 3.05) is 19.8 Å². The quantitative estimate of drug-likeness (QED) is 0.849. The summed E-state index contributed by atoms with van der Waals surface area (Å²) in [6, 6.07) is 1.77. The van der Waals surface area contributed by atoms with Crippen LogP contribution < -0.4 is 0 Å². The van der Waals surface area contributed by atoms with Crippen LogP contribution in [-0.2, 0) is 9.47 Å². The number of halogens is 1. The third kappa shape index (κ3) is 2.10. The molecule has 0 aromatic carbocycles. The summed E-state index contributed by atoms with van der Waals surface area (Å²) >= 11 is 7.34. The first kappa shape index (κ1) is 10.4. The molecule has 14 heavy (non-hydrogen) atoms. The van der Waals surface area contributed by atoms with Gasteiger partial charge in [0, 0.05) is 0 Å². The van der Waals surface area contributed by atoms with Gasteiger partial charge in [0.2, 0.25) is 0 Å². The molecule has 1 fully saturated rings. The summed E-state index contributed by atoms with van der Waals surface area (Å²) in [7, 11) is 0. The van der Waals surface area contributed by atoms with Crippen LogP contribution in [0.5, 0.6) is 0 Å². The number of aliphatic hydroxyl groups excluding tert-OH is 1. The fourth-order valence-corrected chi connectivity index (χ4v) is 2.58. The highest BCUT2D eigenvalue weighted by Gasteiger charge is 2.26. The molecule has 0 radical (unpaired) electrons. The zero-order valence-corrected chi connectivity index (χ0v) is 9.05. The predicted molar refractivity (Wildman–Crippen MR) is 54.8 cm³/mol. The molecular weight excluding hydrogens is 224 g/mol. The van der Waals surface area contributed by atoms with Gasteiger partial charge in [-0.2, -0.15) is 0 Å². The lowest BCUT2D eigenvalue weighted by atomic mass is 10.1. The molecule has 0 amide bonds. The number of rotatable bonds is 2. The lowest BCUT2D eigenvalue weighted by Gasteiger charge is -2.26. The highest BCUT2D eigenvalue weighted by molar-refractivity contribution is 7.10. The van der Waals surface area contributed by atoms with Gasteiger partial charge in [-0.05, 0) is 11.4 Å². The Labute approximate surface area is 91.2 Å². The molecule has 1 aliphatic heterocycles. The molecule has 3 nitrogen and oxygen atoms in total. The minimum absolute atomic E-state index is 0.292. The van der Waals surface area contributed by atoms with Gasteiger partial charge in [-0.15, -0.1) is 11.3 Å². The van der Waals surface area contributed by atoms with Crippen molar-refractivity contribution in [2.45, 2.75) is 12.2 Å². The van der Waals surface area contributed by atoms with E-state index in [1.807, 2.05) is 5.38 Å². The van der Waals surface area contributed by atoms with Crippen LogP contribution in [-0.4, -0.2) is 31.0 Å². The van der Waals surface area contributed by atoms with Gasteiger partial charge < -0.3 is 14.6 Å². The van der Waals surface area contributed by atoms with Crippen LogP contribution in [0.4, 0.5) is 0 Å². The van der Waals surface area contributed by atoms with Gasteiger partial charge in [0.15, 0.2) is 0 Å². The standard InChI is InChI=1S/C9H11ClO3S/c10-6-1-4-14-9(6)8(11)7-5-12-2-3-13-7/h1,4,7-8,11H,2-3,5H2. The molecular formula is C9H11ClO3S. The topological polar surface area (TPSA) is 38.7 Å². The zero-order valence-electron chi connectivity index (χ0n) is 7.48. The van der Waals surface area contributed by atoms with Crippen molar-refractivity contribution in [3.8, 4) is 0 Å². The van der Waals surface area contributed by atoms with Gasteiger partial charge in [-0.3, -0.25) is 0 Å². The van der Waals surface area contributed by atoms with Crippen LogP contribution in [0.3, 0.4) is 0 Å². The Kier molecular flexibility index (Phi) is 3.41. The fraction of sp³-hybridized carbons (Fsp3) is 0.556. The van der Waals surface area contributed by atoms with Gasteiger partial charge in [-0.25, -0.2) is 0 Å². The van der Waals surface area contributed by atoms with Crippen LogP contribution in [0.2, 0.25) is 5.02 Å². The Morgan fingerprint density at radius 3 is 3.00 bits per heavy atom. The Morgan fingerprint density at radius 1 is 1.57 bits per heavy atom. The molecule has 1 saturated heterocycles. The van der Waals surface area contributed by atoms with E-state index in [9.17, 15) is 5.11 Å². The summed E-state index contributed by atoms with van der Waals surface area (Å²) in [4.78, 5) is 0.752. The summed E-state index contributed by atoms with van der Waals surface area (Å²) < 4.78 is 10.6. The molecule has 0 spiro atoms. The van der Waals surface area contributed by atoms with E-state index >= 15 is 0 Å². The third-order valence-corrected chi connectivity index (χ3v) is 3.54. The molecule has 5 heteroatoms. The Hall–Kier alpha value is -0.130. The maximum absolute atomic E-state index is 9.94. The first-order valence-electron chi connectivity index (χ1n) is 4.39. The van der Waals surface area contributed by atoms with E-state index in [0.29, 0.717) is 24.8 Å². The highest BCUT2D eigenvalue weighted by Crippen LogP contribution is 2.32. The zero-order chi connectivity index (χ0) is 9.97. The Bertz CT molecular complexity index is 296. The highest BCUT2D eigenvalue weighted by atomic mass is 35.5. The molecule has 0 aliphatic carbocycles. The van der Waals surface area contributed by atoms with Crippen molar-refractivity contribution in [1.82, 2.24) is 0 Å². The summed E-state index contributed by atoms with van der Waals surface area (Å²) in [5, 5.41) is 12.4. The van der Waals surface area contributed by atoms with Gasteiger partial charge in [0.1, 0.15) is 12.2 Å². The van der Waals surface area contributed by atoms with Crippen LogP contribution in [0.15, 0.2) is 11.4 Å². The summed E-state index contributed by atoms with van der Waals surface area (Å²) in [5.74, 6) is 0. The summed E-state index contributed by atoms with van der Waals surface area (Å²) in [5.41, 5.74) is 0. The van der Waals surface area contributed by atoms with E-state index in [2.05, 4.69) is 0 Å². The Balaban J connectivity index is 2.07. The van der Waals surface area contributed by atoms with Crippen molar-refractivity contribution < 1.29 is 14.6 Å². The van der Waals surface area contributed by atoms with E-state index < -0.39 is 6.10 Å². The minimum Gasteiger partial charge on any atom is -0.385 e. The van der Waals surface area contributed by atoms with E-state index in [-0.39, 0.29) is 6.10 Å². The molecule has 0 saturated carbocycles. The van der Waals surface area contributed by atoms with E-state index in [4.69, 9.17) is 21.1 Å². The largest absolute Gasteiger partial charge is 0.385 e. The third-order valence-electron chi connectivity index (χ3n) is 2.11. The van der Waals surface area contributed by atoms with Crippen molar-refractivity contribution in [3.05, 3.63) is 21.3 Å². The van der Waals surface area contributed by atoms with Crippen molar-refractivity contribution >= 4 is 22.9 Å². The van der Waals surface area contributed by atoms with Crippen molar-refractivity contribution in [3.63, 3.8) is 0 Å². The molecule has 1 N–H and O–H groups in total. The molecule has 2 rings (SSSR count). The van der Waals surface area contributed by atoms with Crippen LogP contribution in [0, 0.1) is 0 Å². The normalized spacial score (nSPS) is 24.9. The second kappa shape index (κ2) is 4.59. The summed E-state index contributed by atoms with van der Waals surface area (Å²) in [6.45, 7) is 1.56. The number of thiophene rings is 1. The molecule has 1 aliphatic rings. The fourth-order valence-electron chi connectivity index (χ4n) is 1.37. The average Bonchev–Trinajstić information content (AvgIpc) is 2.65. The molecule has 78 valence electrons. The lowest BCUT2D eigenvalue weighted by molar-refractivity contribution is -0.132. The van der Waals surface area contributed by atoms with Crippen molar-refractivity contribution in [2.24, 2.45) is 0 Å². The van der Waals surface area contributed by atoms with Crippen LogP contribution in [0.1, 0.15) is 11.0 Å². The summed E-state index contributed by atoms with van der Waals surface area (Å²) in [6.07, 6.45) is -0.970. The Morgan fingerprint density at radius 2 is 2.43 bits per heavy atom. The minimum atomic E-state index is -0.678. The van der Waals surface area contributed by atoms with Crippen LogP contribution >= 0.6 is 22.9 Å². The SMILES string of the molecule is OC(c1sccc1Cl)C1COCCO1. The number of aliphatic hydroxyl groups is 1. The van der Waals surface area contributed by atoms with E-state index in [0.717, 1.165) is 4.88 Å². The number of hydrogen-bond donors (Lipinski definition) is 1. The maximum Gasteiger partial charge on any atom is 0.118 e. The van der Waals surface area contributed by atoms with Gasteiger partial charge in [0.05, 0.1) is 29.7 Å². The molecule has 0 bridgehead atoms. The first-order chi connectivity index (χ1) is 6.79. The molecule has 2 unspecified atom stereocenters. The average molecular weight is 235 g/mol. The van der Waals surface area contributed by atoms with Gasteiger partial charge >= 0.3 is 0 Å². The number of ether oxygens (including phenoxy) is 2. The first-order valence-corrected chi connectivity index (χ1v) is 5.65. The molecule has 1 aromatic heterocycles. The number of hydrogen-bond acceptors (Lipinski definition) is 4. The monoisotopic (exact) mass is 234 g/mol. The lowest BCUT2D eigenvalue weighted by Crippen LogP contribution is -2.33. The smallest absolute Gasteiger partial charge is 0.118 e. The molecule has 2 heterocycles. The van der Waals surface area contributed by atoms with Crippen molar-refractivity contribution in [1.29, 1.82) is 0 Å². The van der Waals surface area contributed by atoms with E-state index in [1.165, 1.54) is 11.3 Å². The van der Waals surface area contributed by atoms with Gasteiger partial charge in [-0.1, -0.05) is 11.6 Å². The predicted octanol–water partition coefficient (Wildman–Crippen LogP) is 1.85.